The molecule has 1 aromatic heterocycles. The topological polar surface area (TPSA) is 80.6 Å². The average molecular weight is 429 g/mol. The number of halogens is 1. The molecule has 0 spiro atoms. The first-order valence-corrected chi connectivity index (χ1v) is 8.95. The summed E-state index contributed by atoms with van der Waals surface area (Å²) in [6, 6.07) is 17.7. The van der Waals surface area contributed by atoms with E-state index in [0.717, 1.165) is 10.0 Å². The van der Waals surface area contributed by atoms with E-state index in [0.29, 0.717) is 17.1 Å². The minimum Gasteiger partial charge on any atom is -0.486 e. The second-order valence-electron chi connectivity index (χ2n) is 5.74. The summed E-state index contributed by atoms with van der Waals surface area (Å²) in [6.45, 7) is 2.00. The van der Waals surface area contributed by atoms with Crippen molar-refractivity contribution in [1.29, 1.82) is 0 Å². The van der Waals surface area contributed by atoms with E-state index in [-0.39, 0.29) is 12.4 Å². The second-order valence-corrected chi connectivity index (χ2v) is 6.65. The molecule has 3 rings (SSSR count). The SMILES string of the molecule is Cc1ccccc1C(=O)NNC(=O)c1ccc(COc2cccc(Br)c2)o1. The molecule has 1 heterocycles. The molecule has 6 nitrogen and oxygen atoms in total. The smallest absolute Gasteiger partial charge is 0.305 e. The third kappa shape index (κ3) is 4.98. The first kappa shape index (κ1) is 18.7. The first-order chi connectivity index (χ1) is 13.0. The lowest BCUT2D eigenvalue weighted by molar-refractivity contribution is 0.0828. The molecular formula is C20H17BrN2O4. The van der Waals surface area contributed by atoms with Crippen LogP contribution in [0.2, 0.25) is 0 Å². The second kappa shape index (κ2) is 8.55. The summed E-state index contributed by atoms with van der Waals surface area (Å²) < 4.78 is 12.0. The maximum Gasteiger partial charge on any atom is 0.305 e. The molecule has 2 amide bonds. The van der Waals surface area contributed by atoms with Crippen LogP contribution in [0.15, 0.2) is 69.6 Å². The predicted octanol–water partition coefficient (Wildman–Crippen LogP) is 4.00. The maximum atomic E-state index is 12.1. The molecule has 0 aliphatic heterocycles. The molecule has 2 N–H and O–H groups in total. The Morgan fingerprint density at radius 3 is 2.56 bits per heavy atom. The molecule has 3 aromatic rings. The molecular weight excluding hydrogens is 412 g/mol. The minimum absolute atomic E-state index is 0.0768. The van der Waals surface area contributed by atoms with Gasteiger partial charge in [0.05, 0.1) is 0 Å². The van der Waals surface area contributed by atoms with Crippen molar-refractivity contribution in [2.24, 2.45) is 0 Å². The normalized spacial score (nSPS) is 10.3. The van der Waals surface area contributed by atoms with Crippen LogP contribution < -0.4 is 15.6 Å². The standard InChI is InChI=1S/C20H17BrN2O4/c1-13-5-2-3-8-17(13)19(24)22-23-20(25)18-10-9-16(27-18)12-26-15-7-4-6-14(21)11-15/h2-11H,12H2,1H3,(H,22,24)(H,23,25). The Hall–Kier alpha value is -3.06. The highest BCUT2D eigenvalue weighted by Gasteiger charge is 2.14. The first-order valence-electron chi connectivity index (χ1n) is 8.16. The van der Waals surface area contributed by atoms with Crippen molar-refractivity contribution in [2.75, 3.05) is 0 Å². The average Bonchev–Trinajstić information content (AvgIpc) is 3.14. The van der Waals surface area contributed by atoms with E-state index in [2.05, 4.69) is 26.8 Å². The molecule has 2 aromatic carbocycles. The largest absolute Gasteiger partial charge is 0.486 e. The van der Waals surface area contributed by atoms with E-state index in [1.54, 1.807) is 18.2 Å². The van der Waals surface area contributed by atoms with Gasteiger partial charge in [0.25, 0.3) is 5.91 Å². The molecule has 0 unspecified atom stereocenters. The molecule has 7 heteroatoms. The molecule has 0 bridgehead atoms. The summed E-state index contributed by atoms with van der Waals surface area (Å²) in [6.07, 6.45) is 0. The Kier molecular flexibility index (Phi) is 5.93. The fraction of sp³-hybridized carbons (Fsp3) is 0.100. The zero-order chi connectivity index (χ0) is 19.2. The Bertz CT molecular complexity index is 968. The van der Waals surface area contributed by atoms with Crippen LogP contribution in [0, 0.1) is 6.92 Å². The molecule has 0 atom stereocenters. The van der Waals surface area contributed by atoms with Crippen molar-refractivity contribution in [3.8, 4) is 5.75 Å². The summed E-state index contributed by atoms with van der Waals surface area (Å²) in [4.78, 5) is 24.2. The highest BCUT2D eigenvalue weighted by atomic mass is 79.9. The van der Waals surface area contributed by atoms with Gasteiger partial charge in [-0.1, -0.05) is 40.2 Å². The number of carbonyl (C=O) groups excluding carboxylic acids is 2. The number of carbonyl (C=O) groups is 2. The number of rotatable bonds is 5. The Balaban J connectivity index is 1.54. The molecule has 0 aliphatic carbocycles. The fourth-order valence-electron chi connectivity index (χ4n) is 2.36. The van der Waals surface area contributed by atoms with Gasteiger partial charge in [0.2, 0.25) is 0 Å². The van der Waals surface area contributed by atoms with Gasteiger partial charge < -0.3 is 9.15 Å². The molecule has 27 heavy (non-hydrogen) atoms. The lowest BCUT2D eigenvalue weighted by atomic mass is 10.1. The highest BCUT2D eigenvalue weighted by molar-refractivity contribution is 9.10. The van der Waals surface area contributed by atoms with Gasteiger partial charge in [-0.25, -0.2) is 0 Å². The van der Waals surface area contributed by atoms with Crippen LogP contribution >= 0.6 is 15.9 Å². The molecule has 138 valence electrons. The van der Waals surface area contributed by atoms with Crippen LogP contribution in [-0.2, 0) is 6.61 Å². The van der Waals surface area contributed by atoms with E-state index in [9.17, 15) is 9.59 Å². The van der Waals surface area contributed by atoms with Gasteiger partial charge in [-0.05, 0) is 48.9 Å². The van der Waals surface area contributed by atoms with Crippen LogP contribution in [0.5, 0.6) is 5.75 Å². The Labute approximate surface area is 164 Å². The number of amides is 2. The number of nitrogens with one attached hydrogen (secondary N) is 2. The van der Waals surface area contributed by atoms with E-state index in [1.165, 1.54) is 6.07 Å². The monoisotopic (exact) mass is 428 g/mol. The van der Waals surface area contributed by atoms with Gasteiger partial charge in [-0.3, -0.25) is 20.4 Å². The van der Waals surface area contributed by atoms with E-state index in [4.69, 9.17) is 9.15 Å². The molecule has 0 radical (unpaired) electrons. The van der Waals surface area contributed by atoms with Crippen molar-refractivity contribution in [3.63, 3.8) is 0 Å². The number of ether oxygens (including phenoxy) is 1. The van der Waals surface area contributed by atoms with E-state index >= 15 is 0 Å². The van der Waals surface area contributed by atoms with Crippen LogP contribution in [-0.4, -0.2) is 11.8 Å². The van der Waals surface area contributed by atoms with Gasteiger partial charge in [0.1, 0.15) is 18.1 Å². The molecule has 0 saturated carbocycles. The zero-order valence-electron chi connectivity index (χ0n) is 14.5. The van der Waals surface area contributed by atoms with Crippen LogP contribution in [0.25, 0.3) is 0 Å². The Morgan fingerprint density at radius 2 is 1.78 bits per heavy atom. The molecule has 0 saturated heterocycles. The highest BCUT2D eigenvalue weighted by Crippen LogP contribution is 2.19. The zero-order valence-corrected chi connectivity index (χ0v) is 16.1. The maximum absolute atomic E-state index is 12.1. The van der Waals surface area contributed by atoms with Gasteiger partial charge in [0.15, 0.2) is 5.76 Å². The fourth-order valence-corrected chi connectivity index (χ4v) is 2.74. The lowest BCUT2D eigenvalue weighted by Gasteiger charge is -2.08. The number of furan rings is 1. The van der Waals surface area contributed by atoms with Gasteiger partial charge >= 0.3 is 5.91 Å². The summed E-state index contributed by atoms with van der Waals surface area (Å²) in [7, 11) is 0. The van der Waals surface area contributed by atoms with Gasteiger partial charge in [0, 0.05) is 10.0 Å². The van der Waals surface area contributed by atoms with Crippen LogP contribution in [0.3, 0.4) is 0 Å². The predicted molar refractivity (Wildman–Crippen MR) is 103 cm³/mol. The molecule has 0 aliphatic rings. The number of benzene rings is 2. The van der Waals surface area contributed by atoms with Crippen molar-refractivity contribution < 1.29 is 18.7 Å². The van der Waals surface area contributed by atoms with Crippen molar-refractivity contribution in [2.45, 2.75) is 13.5 Å². The number of hydrazine groups is 1. The van der Waals surface area contributed by atoms with Crippen molar-refractivity contribution >= 4 is 27.7 Å². The van der Waals surface area contributed by atoms with Crippen LogP contribution in [0.4, 0.5) is 0 Å². The van der Waals surface area contributed by atoms with E-state index < -0.39 is 11.8 Å². The van der Waals surface area contributed by atoms with E-state index in [1.807, 2.05) is 43.3 Å². The van der Waals surface area contributed by atoms with Gasteiger partial charge in [-0.15, -0.1) is 0 Å². The summed E-state index contributed by atoms with van der Waals surface area (Å²) >= 11 is 3.37. The van der Waals surface area contributed by atoms with Gasteiger partial charge in [-0.2, -0.15) is 0 Å². The molecule has 0 fully saturated rings. The van der Waals surface area contributed by atoms with Crippen molar-refractivity contribution in [3.05, 3.63) is 87.8 Å². The minimum atomic E-state index is -0.550. The number of hydrogen-bond donors (Lipinski definition) is 2. The third-order valence-corrected chi connectivity index (χ3v) is 4.24. The lowest BCUT2D eigenvalue weighted by Crippen LogP contribution is -2.41. The Morgan fingerprint density at radius 1 is 1.00 bits per heavy atom. The summed E-state index contributed by atoms with van der Waals surface area (Å²) in [5, 5.41) is 0. The number of hydrogen-bond acceptors (Lipinski definition) is 4. The number of aryl methyl sites for hydroxylation is 1. The summed E-state index contributed by atoms with van der Waals surface area (Å²) in [5.41, 5.74) is 6.02. The van der Waals surface area contributed by atoms with Crippen LogP contribution in [0.1, 0.15) is 32.2 Å². The van der Waals surface area contributed by atoms with Crippen molar-refractivity contribution in [1.82, 2.24) is 10.9 Å². The summed E-state index contributed by atoms with van der Waals surface area (Å²) in [5.74, 6) is 0.299. The quantitative estimate of drug-likeness (QED) is 0.601. The third-order valence-electron chi connectivity index (χ3n) is 3.74.